The summed E-state index contributed by atoms with van der Waals surface area (Å²) in [6, 6.07) is 27.8. The van der Waals surface area contributed by atoms with E-state index in [4.69, 9.17) is 16.3 Å². The molecule has 4 aromatic rings. The minimum Gasteiger partial charge on any atom is -0.488 e. The Bertz CT molecular complexity index is 1160. The van der Waals surface area contributed by atoms with E-state index in [1.807, 2.05) is 30.3 Å². The third kappa shape index (κ3) is 5.48. The Morgan fingerprint density at radius 3 is 2.47 bits per heavy atom. The van der Waals surface area contributed by atoms with E-state index in [-0.39, 0.29) is 12.4 Å². The van der Waals surface area contributed by atoms with Gasteiger partial charge in [0, 0.05) is 23.7 Å². The van der Waals surface area contributed by atoms with Gasteiger partial charge in [0.05, 0.1) is 5.02 Å². The highest BCUT2D eigenvalue weighted by atomic mass is 35.5. The number of benzene rings is 4. The molecule has 4 heteroatoms. The maximum absolute atomic E-state index is 14.2. The van der Waals surface area contributed by atoms with Gasteiger partial charge in [-0.15, -0.1) is 0 Å². The summed E-state index contributed by atoms with van der Waals surface area (Å²) in [5, 5.41) is 6.30. The molecule has 2 nitrogen and oxygen atoms in total. The van der Waals surface area contributed by atoms with Crippen LogP contribution in [-0.2, 0) is 19.6 Å². The van der Waals surface area contributed by atoms with Crippen molar-refractivity contribution in [3.63, 3.8) is 0 Å². The van der Waals surface area contributed by atoms with Crippen LogP contribution < -0.4 is 10.1 Å². The number of hydrogen-bond donors (Lipinski definition) is 1. The van der Waals surface area contributed by atoms with Gasteiger partial charge in [-0.3, -0.25) is 0 Å². The zero-order chi connectivity index (χ0) is 22.3. The molecule has 0 aliphatic carbocycles. The topological polar surface area (TPSA) is 21.3 Å². The Labute approximate surface area is 194 Å². The van der Waals surface area contributed by atoms with Gasteiger partial charge in [0.15, 0.2) is 0 Å². The van der Waals surface area contributed by atoms with Gasteiger partial charge in [-0.25, -0.2) is 4.39 Å². The Morgan fingerprint density at radius 2 is 1.66 bits per heavy atom. The van der Waals surface area contributed by atoms with Crippen molar-refractivity contribution in [3.8, 4) is 5.75 Å². The Hall–Kier alpha value is -2.88. The maximum Gasteiger partial charge on any atom is 0.131 e. The minimum atomic E-state index is -0.354. The molecule has 0 amide bonds. The molecule has 0 heterocycles. The van der Waals surface area contributed by atoms with Crippen molar-refractivity contribution < 1.29 is 9.13 Å². The molecule has 0 spiro atoms. The quantitative estimate of drug-likeness (QED) is 0.290. The molecule has 0 saturated heterocycles. The van der Waals surface area contributed by atoms with Crippen LogP contribution in [0.2, 0.25) is 5.02 Å². The molecule has 0 bridgehead atoms. The lowest BCUT2D eigenvalue weighted by Gasteiger charge is -2.18. The van der Waals surface area contributed by atoms with Crippen LogP contribution in [0.25, 0.3) is 10.8 Å². The van der Waals surface area contributed by atoms with Crippen LogP contribution in [0, 0.1) is 5.82 Å². The Balaban J connectivity index is 1.50. The van der Waals surface area contributed by atoms with E-state index in [0.717, 1.165) is 34.9 Å². The monoisotopic (exact) mass is 447 g/mol. The van der Waals surface area contributed by atoms with E-state index in [1.54, 1.807) is 12.1 Å². The van der Waals surface area contributed by atoms with E-state index in [9.17, 15) is 4.39 Å². The molecule has 0 aliphatic rings. The second-order valence-corrected chi connectivity index (χ2v) is 8.47. The van der Waals surface area contributed by atoms with E-state index >= 15 is 0 Å². The van der Waals surface area contributed by atoms with Crippen LogP contribution in [0.4, 0.5) is 4.39 Å². The van der Waals surface area contributed by atoms with Gasteiger partial charge in [0.2, 0.25) is 0 Å². The lowest BCUT2D eigenvalue weighted by atomic mass is 10.0. The second kappa shape index (κ2) is 10.6. The van der Waals surface area contributed by atoms with Crippen molar-refractivity contribution >= 4 is 22.4 Å². The summed E-state index contributed by atoms with van der Waals surface area (Å²) < 4.78 is 20.3. The fourth-order valence-electron chi connectivity index (χ4n) is 3.86. The number of halogens is 2. The average molecular weight is 448 g/mol. The van der Waals surface area contributed by atoms with E-state index in [0.29, 0.717) is 23.2 Å². The molecule has 164 valence electrons. The van der Waals surface area contributed by atoms with Gasteiger partial charge >= 0.3 is 0 Å². The number of fused-ring (bicyclic) bond motifs is 1. The fraction of sp³-hybridized carbons (Fsp3) is 0.214. The van der Waals surface area contributed by atoms with Crippen molar-refractivity contribution in [2.45, 2.75) is 39.0 Å². The number of rotatable bonds is 9. The van der Waals surface area contributed by atoms with Crippen LogP contribution in [0.5, 0.6) is 5.75 Å². The summed E-state index contributed by atoms with van der Waals surface area (Å²) in [6.07, 6.45) is 2.06. The second-order valence-electron chi connectivity index (χ2n) is 8.06. The molecule has 1 atom stereocenters. The molecular formula is C28H27ClFNO. The van der Waals surface area contributed by atoms with Crippen LogP contribution in [-0.4, -0.2) is 6.04 Å². The molecule has 4 rings (SSSR count). The summed E-state index contributed by atoms with van der Waals surface area (Å²) in [7, 11) is 0. The van der Waals surface area contributed by atoms with Gasteiger partial charge in [-0.2, -0.15) is 0 Å². The van der Waals surface area contributed by atoms with E-state index in [2.05, 4.69) is 48.6 Å². The smallest absolute Gasteiger partial charge is 0.131 e. The van der Waals surface area contributed by atoms with E-state index < -0.39 is 0 Å². The third-order valence-electron chi connectivity index (χ3n) is 5.77. The third-order valence-corrected chi connectivity index (χ3v) is 6.12. The SMILES string of the molecule is C[C@@H](CCc1ccccc1)NCc1c(OCc2c(F)cccc2Cl)ccc2ccccc12. The predicted octanol–water partition coefficient (Wildman–Crippen LogP) is 7.32. The highest BCUT2D eigenvalue weighted by molar-refractivity contribution is 6.31. The summed E-state index contributed by atoms with van der Waals surface area (Å²) in [4.78, 5) is 0. The summed E-state index contributed by atoms with van der Waals surface area (Å²) in [5.41, 5.74) is 2.79. The molecular weight excluding hydrogens is 421 g/mol. The maximum atomic E-state index is 14.2. The largest absolute Gasteiger partial charge is 0.488 e. The predicted molar refractivity (Wildman–Crippen MR) is 131 cm³/mol. The lowest BCUT2D eigenvalue weighted by molar-refractivity contribution is 0.296. The van der Waals surface area contributed by atoms with Crippen molar-refractivity contribution in [2.24, 2.45) is 0 Å². The Kier molecular flexibility index (Phi) is 7.41. The molecule has 0 aromatic heterocycles. The minimum absolute atomic E-state index is 0.0837. The molecule has 0 radical (unpaired) electrons. The first-order valence-corrected chi connectivity index (χ1v) is 11.3. The Morgan fingerprint density at radius 1 is 0.875 bits per heavy atom. The average Bonchev–Trinajstić information content (AvgIpc) is 2.82. The van der Waals surface area contributed by atoms with Gasteiger partial charge in [-0.05, 0) is 54.3 Å². The summed E-state index contributed by atoms with van der Waals surface area (Å²) >= 11 is 6.19. The fourth-order valence-corrected chi connectivity index (χ4v) is 4.08. The van der Waals surface area contributed by atoms with Gasteiger partial charge in [0.1, 0.15) is 18.2 Å². The van der Waals surface area contributed by atoms with Gasteiger partial charge in [0.25, 0.3) is 0 Å². The number of hydrogen-bond acceptors (Lipinski definition) is 2. The van der Waals surface area contributed by atoms with Crippen molar-refractivity contribution in [2.75, 3.05) is 0 Å². The van der Waals surface area contributed by atoms with Crippen LogP contribution in [0.15, 0.2) is 84.9 Å². The first-order valence-electron chi connectivity index (χ1n) is 11.0. The summed E-state index contributed by atoms with van der Waals surface area (Å²) in [5.74, 6) is 0.387. The van der Waals surface area contributed by atoms with E-state index in [1.165, 1.54) is 11.6 Å². The van der Waals surface area contributed by atoms with Crippen molar-refractivity contribution in [1.82, 2.24) is 5.32 Å². The van der Waals surface area contributed by atoms with Crippen LogP contribution in [0.3, 0.4) is 0 Å². The zero-order valence-electron chi connectivity index (χ0n) is 18.2. The first-order chi connectivity index (χ1) is 15.6. The molecule has 0 aliphatic heterocycles. The molecule has 0 unspecified atom stereocenters. The number of ether oxygens (including phenoxy) is 1. The number of aryl methyl sites for hydroxylation is 1. The highest BCUT2D eigenvalue weighted by Gasteiger charge is 2.13. The zero-order valence-corrected chi connectivity index (χ0v) is 18.9. The van der Waals surface area contributed by atoms with Gasteiger partial charge in [-0.1, -0.05) is 78.3 Å². The molecule has 32 heavy (non-hydrogen) atoms. The molecule has 0 saturated carbocycles. The number of nitrogens with one attached hydrogen (secondary N) is 1. The molecule has 4 aromatic carbocycles. The summed E-state index contributed by atoms with van der Waals surface area (Å²) in [6.45, 7) is 2.95. The lowest BCUT2D eigenvalue weighted by Crippen LogP contribution is -2.26. The van der Waals surface area contributed by atoms with Crippen molar-refractivity contribution in [3.05, 3.63) is 112 Å². The van der Waals surface area contributed by atoms with Crippen LogP contribution >= 0.6 is 11.6 Å². The molecule has 0 fully saturated rings. The first kappa shape index (κ1) is 22.3. The highest BCUT2D eigenvalue weighted by Crippen LogP contribution is 2.30. The van der Waals surface area contributed by atoms with Crippen molar-refractivity contribution in [1.29, 1.82) is 0 Å². The molecule has 1 N–H and O–H groups in total. The van der Waals surface area contributed by atoms with Crippen LogP contribution in [0.1, 0.15) is 30.0 Å². The normalized spacial score (nSPS) is 12.1. The van der Waals surface area contributed by atoms with Gasteiger partial charge < -0.3 is 10.1 Å². The standard InChI is InChI=1S/C28H27ClFNO/c1-20(14-15-21-8-3-2-4-9-21)31-18-24-23-11-6-5-10-22(23)16-17-28(24)32-19-25-26(29)12-7-13-27(25)30/h2-13,16-17,20,31H,14-15,18-19H2,1H3/t20-/m0/s1.